The highest BCUT2D eigenvalue weighted by Crippen LogP contribution is 2.24. The van der Waals surface area contributed by atoms with E-state index >= 15 is 0 Å². The highest BCUT2D eigenvalue weighted by Gasteiger charge is 2.00. The minimum atomic E-state index is 0.805. The van der Waals surface area contributed by atoms with Gasteiger partial charge in [-0.25, -0.2) is 0 Å². The monoisotopic (exact) mass is 197 g/mol. The molecule has 0 bridgehead atoms. The fourth-order valence-electron chi connectivity index (χ4n) is 0.987. The average Bonchev–Trinajstić information content (AvgIpc) is 2.19. The van der Waals surface area contributed by atoms with Gasteiger partial charge in [0.25, 0.3) is 0 Å². The first-order valence-corrected chi connectivity index (χ1v) is 4.93. The van der Waals surface area contributed by atoms with Crippen LogP contribution in [0.4, 0.5) is 0 Å². The SMILES string of the molecule is COc1ccc(/C=N/O)c(SC)c1. The molecule has 0 unspecified atom stereocenters. The van der Waals surface area contributed by atoms with Crippen molar-refractivity contribution in [3.05, 3.63) is 23.8 Å². The molecule has 0 aromatic heterocycles. The van der Waals surface area contributed by atoms with Crippen molar-refractivity contribution in [3.63, 3.8) is 0 Å². The molecule has 1 aromatic rings. The molecular weight excluding hydrogens is 186 g/mol. The highest BCUT2D eigenvalue weighted by atomic mass is 32.2. The zero-order valence-electron chi connectivity index (χ0n) is 7.52. The first-order valence-electron chi connectivity index (χ1n) is 3.71. The summed E-state index contributed by atoms with van der Waals surface area (Å²) in [7, 11) is 1.62. The van der Waals surface area contributed by atoms with E-state index in [-0.39, 0.29) is 0 Å². The van der Waals surface area contributed by atoms with Gasteiger partial charge >= 0.3 is 0 Å². The Hall–Kier alpha value is -1.16. The largest absolute Gasteiger partial charge is 0.497 e. The summed E-state index contributed by atoms with van der Waals surface area (Å²) in [4.78, 5) is 1.03. The summed E-state index contributed by atoms with van der Waals surface area (Å²) in [5.74, 6) is 0.805. The van der Waals surface area contributed by atoms with Crippen molar-refractivity contribution in [1.82, 2.24) is 0 Å². The van der Waals surface area contributed by atoms with E-state index in [9.17, 15) is 0 Å². The van der Waals surface area contributed by atoms with Crippen LogP contribution in [0.15, 0.2) is 28.3 Å². The first-order chi connectivity index (χ1) is 6.31. The second-order valence-corrected chi connectivity index (χ2v) is 3.20. The molecule has 13 heavy (non-hydrogen) atoms. The van der Waals surface area contributed by atoms with E-state index in [1.807, 2.05) is 24.5 Å². The van der Waals surface area contributed by atoms with Gasteiger partial charge < -0.3 is 9.94 Å². The molecular formula is C9H11NO2S. The molecule has 0 atom stereocenters. The molecule has 1 rings (SSSR count). The van der Waals surface area contributed by atoms with Crippen LogP contribution in [0.2, 0.25) is 0 Å². The molecule has 0 aliphatic heterocycles. The average molecular weight is 197 g/mol. The number of hydrogen-bond acceptors (Lipinski definition) is 4. The molecule has 0 aliphatic rings. The van der Waals surface area contributed by atoms with Gasteiger partial charge in [0.1, 0.15) is 5.75 Å². The number of oxime groups is 1. The molecule has 0 fully saturated rings. The summed E-state index contributed by atoms with van der Waals surface area (Å²) in [5, 5.41) is 11.4. The van der Waals surface area contributed by atoms with Crippen LogP contribution in [0.1, 0.15) is 5.56 Å². The maximum atomic E-state index is 8.40. The number of nitrogens with zero attached hydrogens (tertiary/aromatic N) is 1. The Kier molecular flexibility index (Phi) is 3.64. The predicted octanol–water partition coefficient (Wildman–Crippen LogP) is 2.23. The lowest BCUT2D eigenvalue weighted by Crippen LogP contribution is -1.88. The van der Waals surface area contributed by atoms with Crippen LogP contribution in [0.5, 0.6) is 5.75 Å². The Labute approximate surface area is 81.4 Å². The van der Waals surface area contributed by atoms with Gasteiger partial charge in [0, 0.05) is 10.5 Å². The van der Waals surface area contributed by atoms with Gasteiger partial charge in [0.2, 0.25) is 0 Å². The van der Waals surface area contributed by atoms with E-state index in [0.29, 0.717) is 0 Å². The molecule has 0 amide bonds. The Balaban J connectivity index is 3.07. The molecule has 4 heteroatoms. The van der Waals surface area contributed by atoms with Crippen molar-refractivity contribution in [1.29, 1.82) is 0 Å². The molecule has 1 aromatic carbocycles. The summed E-state index contributed by atoms with van der Waals surface area (Å²) < 4.78 is 5.07. The lowest BCUT2D eigenvalue weighted by atomic mass is 10.2. The van der Waals surface area contributed by atoms with Gasteiger partial charge in [0.15, 0.2) is 0 Å². The second-order valence-electron chi connectivity index (χ2n) is 2.35. The minimum Gasteiger partial charge on any atom is -0.497 e. The maximum Gasteiger partial charge on any atom is 0.120 e. The lowest BCUT2D eigenvalue weighted by molar-refractivity contribution is 0.321. The lowest BCUT2D eigenvalue weighted by Gasteiger charge is -2.04. The van der Waals surface area contributed by atoms with E-state index in [4.69, 9.17) is 9.94 Å². The molecule has 0 saturated carbocycles. The van der Waals surface area contributed by atoms with Crippen molar-refractivity contribution >= 4 is 18.0 Å². The van der Waals surface area contributed by atoms with Gasteiger partial charge in [-0.15, -0.1) is 11.8 Å². The quantitative estimate of drug-likeness (QED) is 0.349. The Morgan fingerprint density at radius 3 is 2.85 bits per heavy atom. The van der Waals surface area contributed by atoms with Crippen molar-refractivity contribution in [2.75, 3.05) is 13.4 Å². The zero-order valence-corrected chi connectivity index (χ0v) is 8.34. The molecule has 0 heterocycles. The molecule has 0 spiro atoms. The number of thioether (sulfide) groups is 1. The molecule has 3 nitrogen and oxygen atoms in total. The minimum absolute atomic E-state index is 0.805. The molecule has 0 radical (unpaired) electrons. The van der Waals surface area contributed by atoms with Crippen molar-refractivity contribution in [2.45, 2.75) is 4.90 Å². The van der Waals surface area contributed by atoms with Gasteiger partial charge in [-0.2, -0.15) is 0 Å². The highest BCUT2D eigenvalue weighted by molar-refractivity contribution is 7.98. The Morgan fingerprint density at radius 2 is 2.31 bits per heavy atom. The van der Waals surface area contributed by atoms with E-state index in [0.717, 1.165) is 16.2 Å². The third-order valence-electron chi connectivity index (χ3n) is 1.64. The third kappa shape index (κ3) is 2.39. The fourth-order valence-corrected chi connectivity index (χ4v) is 1.58. The third-order valence-corrected chi connectivity index (χ3v) is 2.43. The van der Waals surface area contributed by atoms with E-state index < -0.39 is 0 Å². The van der Waals surface area contributed by atoms with Crippen LogP contribution in [0.25, 0.3) is 0 Å². The molecule has 1 N–H and O–H groups in total. The van der Waals surface area contributed by atoms with Crippen molar-refractivity contribution in [3.8, 4) is 5.75 Å². The normalized spacial score (nSPS) is 10.6. The molecule has 0 saturated heterocycles. The van der Waals surface area contributed by atoms with Crippen LogP contribution >= 0.6 is 11.8 Å². The fraction of sp³-hybridized carbons (Fsp3) is 0.222. The van der Waals surface area contributed by atoms with Crippen LogP contribution in [0, 0.1) is 0 Å². The van der Waals surface area contributed by atoms with Gasteiger partial charge in [-0.3, -0.25) is 0 Å². The number of rotatable bonds is 3. The summed E-state index contributed by atoms with van der Waals surface area (Å²) in [6.45, 7) is 0. The predicted molar refractivity (Wildman–Crippen MR) is 54.2 cm³/mol. The van der Waals surface area contributed by atoms with E-state index in [2.05, 4.69) is 5.16 Å². The molecule has 0 aliphatic carbocycles. The number of hydrogen-bond donors (Lipinski definition) is 1. The maximum absolute atomic E-state index is 8.40. The van der Waals surface area contributed by atoms with Crippen LogP contribution in [-0.4, -0.2) is 24.8 Å². The first kappa shape index (κ1) is 9.92. The van der Waals surface area contributed by atoms with Crippen LogP contribution < -0.4 is 4.74 Å². The number of methoxy groups -OCH3 is 1. The Bertz CT molecular complexity index is 312. The van der Waals surface area contributed by atoms with Crippen molar-refractivity contribution < 1.29 is 9.94 Å². The zero-order chi connectivity index (χ0) is 9.68. The van der Waals surface area contributed by atoms with Gasteiger partial charge in [0.05, 0.1) is 13.3 Å². The van der Waals surface area contributed by atoms with E-state index in [1.54, 1.807) is 18.9 Å². The second kappa shape index (κ2) is 4.77. The Morgan fingerprint density at radius 1 is 1.54 bits per heavy atom. The standard InChI is InChI=1S/C9H11NO2S/c1-12-8-4-3-7(6-10-11)9(5-8)13-2/h3-6,11H,1-2H3/b10-6+. The van der Waals surface area contributed by atoms with Gasteiger partial charge in [-0.05, 0) is 24.5 Å². The van der Waals surface area contributed by atoms with E-state index in [1.165, 1.54) is 6.21 Å². The smallest absolute Gasteiger partial charge is 0.120 e. The summed E-state index contributed by atoms with van der Waals surface area (Å²) in [6.07, 6.45) is 3.37. The van der Waals surface area contributed by atoms with Crippen LogP contribution in [0.3, 0.4) is 0 Å². The van der Waals surface area contributed by atoms with Crippen molar-refractivity contribution in [2.24, 2.45) is 5.16 Å². The van der Waals surface area contributed by atoms with Crippen LogP contribution in [-0.2, 0) is 0 Å². The summed E-state index contributed by atoms with van der Waals surface area (Å²) in [5.41, 5.74) is 0.885. The molecule has 70 valence electrons. The number of benzene rings is 1. The number of ether oxygens (including phenoxy) is 1. The topological polar surface area (TPSA) is 41.8 Å². The van der Waals surface area contributed by atoms with Gasteiger partial charge in [-0.1, -0.05) is 5.16 Å². The summed E-state index contributed by atoms with van der Waals surface area (Å²) >= 11 is 1.58. The summed E-state index contributed by atoms with van der Waals surface area (Å²) in [6, 6.07) is 5.59.